The highest BCUT2D eigenvalue weighted by atomic mass is 35.5. The number of para-hydroxylation sites is 1. The smallest absolute Gasteiger partial charge is 0.285 e. The van der Waals surface area contributed by atoms with Crippen LogP contribution in [-0.4, -0.2) is 18.2 Å². The largest absolute Gasteiger partial charge is 0.286 e. The van der Waals surface area contributed by atoms with E-state index in [1.54, 1.807) is 35.3 Å². The number of nitrogens with one attached hydrogen (secondary N) is 1. The molecule has 3 aromatic rings. The van der Waals surface area contributed by atoms with E-state index in [9.17, 15) is 9.18 Å². The highest BCUT2D eigenvalue weighted by Gasteiger charge is 2.34. The van der Waals surface area contributed by atoms with Crippen molar-refractivity contribution in [3.63, 3.8) is 0 Å². The number of hydrogen-bond donors (Lipinski definition) is 1. The van der Waals surface area contributed by atoms with Crippen molar-refractivity contribution in [3.8, 4) is 0 Å². The molecule has 2 heterocycles. The standard InChI is InChI=1S/C24H19Cl2FN4O/c25-17-7-10-22(19(26)13-17)31-23(16-5-8-18(27)9-6-16)14-20(28-31)24(32)29-30-12-11-15-3-1-2-4-21(15)30/h1-10,13,23H,11-12,14H2,(H,29,32). The molecule has 0 aliphatic carbocycles. The lowest BCUT2D eigenvalue weighted by atomic mass is 10.0. The Morgan fingerprint density at radius 1 is 1.03 bits per heavy atom. The molecule has 0 spiro atoms. The second kappa shape index (κ2) is 8.45. The van der Waals surface area contributed by atoms with E-state index >= 15 is 0 Å². The maximum absolute atomic E-state index is 13.5. The van der Waals surface area contributed by atoms with Crippen LogP contribution in [0.2, 0.25) is 10.0 Å². The summed E-state index contributed by atoms with van der Waals surface area (Å²) in [4.78, 5) is 13.1. The summed E-state index contributed by atoms with van der Waals surface area (Å²) in [5, 5.41) is 9.10. The predicted octanol–water partition coefficient (Wildman–Crippen LogP) is 5.53. The molecular weight excluding hydrogens is 450 g/mol. The van der Waals surface area contributed by atoms with Crippen LogP contribution in [0, 0.1) is 5.82 Å². The maximum Gasteiger partial charge on any atom is 0.286 e. The fraction of sp³-hybridized carbons (Fsp3) is 0.167. The summed E-state index contributed by atoms with van der Waals surface area (Å²) in [6.45, 7) is 0.701. The molecule has 1 unspecified atom stereocenters. The molecule has 0 saturated heterocycles. The van der Waals surface area contributed by atoms with Crippen molar-refractivity contribution in [2.24, 2.45) is 5.10 Å². The zero-order valence-corrected chi connectivity index (χ0v) is 18.4. The van der Waals surface area contributed by atoms with Crippen molar-refractivity contribution in [1.82, 2.24) is 5.43 Å². The van der Waals surface area contributed by atoms with Crippen molar-refractivity contribution in [2.75, 3.05) is 16.6 Å². The number of hydrazine groups is 1. The van der Waals surface area contributed by atoms with Gasteiger partial charge in [0, 0.05) is 18.0 Å². The van der Waals surface area contributed by atoms with Gasteiger partial charge in [0.05, 0.1) is 22.4 Å². The van der Waals surface area contributed by atoms with Crippen LogP contribution in [0.25, 0.3) is 0 Å². The van der Waals surface area contributed by atoms with Gasteiger partial charge in [0.2, 0.25) is 0 Å². The molecule has 0 fully saturated rings. The number of hydrazone groups is 1. The first-order chi connectivity index (χ1) is 15.5. The molecule has 5 nitrogen and oxygen atoms in total. The number of benzene rings is 3. The van der Waals surface area contributed by atoms with Crippen LogP contribution < -0.4 is 15.4 Å². The second-order valence-corrected chi connectivity index (χ2v) is 8.57. The summed E-state index contributed by atoms with van der Waals surface area (Å²) in [5.74, 6) is -0.601. The van der Waals surface area contributed by atoms with E-state index < -0.39 is 0 Å². The van der Waals surface area contributed by atoms with Crippen LogP contribution in [0.15, 0.2) is 71.8 Å². The number of carbonyl (C=O) groups excluding carboxylic acids is 1. The van der Waals surface area contributed by atoms with Crippen molar-refractivity contribution in [1.29, 1.82) is 0 Å². The maximum atomic E-state index is 13.5. The van der Waals surface area contributed by atoms with Gasteiger partial charge in [-0.05, 0) is 53.9 Å². The van der Waals surface area contributed by atoms with Gasteiger partial charge in [0.25, 0.3) is 5.91 Å². The molecule has 3 aromatic carbocycles. The van der Waals surface area contributed by atoms with Gasteiger partial charge in [0.15, 0.2) is 0 Å². The van der Waals surface area contributed by atoms with Crippen molar-refractivity contribution < 1.29 is 9.18 Å². The van der Waals surface area contributed by atoms with Crippen LogP contribution in [0.3, 0.4) is 0 Å². The Morgan fingerprint density at radius 2 is 1.81 bits per heavy atom. The van der Waals surface area contributed by atoms with E-state index in [1.807, 2.05) is 23.2 Å². The van der Waals surface area contributed by atoms with Crippen molar-refractivity contribution >= 4 is 46.2 Å². The zero-order valence-electron chi connectivity index (χ0n) is 16.9. The molecule has 32 heavy (non-hydrogen) atoms. The lowest BCUT2D eigenvalue weighted by molar-refractivity contribution is -0.115. The summed E-state index contributed by atoms with van der Waals surface area (Å²) in [7, 11) is 0. The summed E-state index contributed by atoms with van der Waals surface area (Å²) < 4.78 is 13.5. The molecule has 8 heteroatoms. The molecule has 1 amide bonds. The summed E-state index contributed by atoms with van der Waals surface area (Å²) in [6.07, 6.45) is 1.22. The van der Waals surface area contributed by atoms with E-state index in [-0.39, 0.29) is 17.8 Å². The van der Waals surface area contributed by atoms with E-state index in [2.05, 4.69) is 16.6 Å². The lowest BCUT2D eigenvalue weighted by Gasteiger charge is -2.25. The number of carbonyl (C=O) groups is 1. The predicted molar refractivity (Wildman–Crippen MR) is 126 cm³/mol. The zero-order chi connectivity index (χ0) is 22.2. The fourth-order valence-corrected chi connectivity index (χ4v) is 4.62. The fourth-order valence-electron chi connectivity index (χ4n) is 4.12. The SMILES string of the molecule is O=C(NN1CCc2ccccc21)C1=NN(c2ccc(Cl)cc2Cl)C(c2ccc(F)cc2)C1. The first-order valence-electron chi connectivity index (χ1n) is 10.2. The lowest BCUT2D eigenvalue weighted by Crippen LogP contribution is -2.44. The van der Waals surface area contributed by atoms with E-state index in [0.29, 0.717) is 34.4 Å². The monoisotopic (exact) mass is 468 g/mol. The van der Waals surface area contributed by atoms with Gasteiger partial charge in [0.1, 0.15) is 11.5 Å². The minimum absolute atomic E-state index is 0.276. The molecule has 1 N–H and O–H groups in total. The van der Waals surface area contributed by atoms with E-state index in [1.165, 1.54) is 17.7 Å². The first kappa shape index (κ1) is 20.8. The Bertz CT molecular complexity index is 1210. The molecule has 1 atom stereocenters. The third-order valence-electron chi connectivity index (χ3n) is 5.71. The summed E-state index contributed by atoms with van der Waals surface area (Å²) >= 11 is 12.5. The van der Waals surface area contributed by atoms with Gasteiger partial charge < -0.3 is 0 Å². The van der Waals surface area contributed by atoms with Gasteiger partial charge in [-0.2, -0.15) is 5.10 Å². The Balaban J connectivity index is 1.44. The minimum atomic E-state index is -0.325. The Labute approximate surface area is 195 Å². The van der Waals surface area contributed by atoms with Crippen LogP contribution in [0.4, 0.5) is 15.8 Å². The van der Waals surface area contributed by atoms with Crippen LogP contribution >= 0.6 is 23.2 Å². The topological polar surface area (TPSA) is 47.9 Å². The van der Waals surface area contributed by atoms with Gasteiger partial charge in [-0.3, -0.25) is 20.2 Å². The van der Waals surface area contributed by atoms with Crippen LogP contribution in [0.1, 0.15) is 23.6 Å². The molecule has 2 aliphatic heterocycles. The molecule has 2 aliphatic rings. The number of rotatable bonds is 4. The van der Waals surface area contributed by atoms with Gasteiger partial charge in [-0.1, -0.05) is 53.5 Å². The minimum Gasteiger partial charge on any atom is -0.285 e. The summed E-state index contributed by atoms with van der Waals surface area (Å²) in [6, 6.07) is 19.0. The molecule has 5 rings (SSSR count). The quantitative estimate of drug-likeness (QED) is 0.547. The van der Waals surface area contributed by atoms with Crippen molar-refractivity contribution in [2.45, 2.75) is 18.9 Å². The van der Waals surface area contributed by atoms with Crippen LogP contribution in [-0.2, 0) is 11.2 Å². The van der Waals surface area contributed by atoms with Gasteiger partial charge in [-0.15, -0.1) is 0 Å². The first-order valence-corrected chi connectivity index (χ1v) is 11.0. The molecule has 162 valence electrons. The molecule has 0 radical (unpaired) electrons. The average Bonchev–Trinajstić information content (AvgIpc) is 3.39. The average molecular weight is 469 g/mol. The molecule has 0 saturated carbocycles. The summed E-state index contributed by atoms with van der Waals surface area (Å²) in [5.41, 5.74) is 6.99. The highest BCUT2D eigenvalue weighted by molar-refractivity contribution is 6.40. The molecule has 0 bridgehead atoms. The number of hydrogen-bond acceptors (Lipinski definition) is 4. The van der Waals surface area contributed by atoms with Crippen molar-refractivity contribution in [3.05, 3.63) is 93.7 Å². The Morgan fingerprint density at radius 3 is 2.59 bits per heavy atom. The number of halogens is 3. The molecular formula is C24H19Cl2FN4O. The third kappa shape index (κ3) is 3.92. The number of fused-ring (bicyclic) bond motifs is 1. The van der Waals surface area contributed by atoms with E-state index in [4.69, 9.17) is 23.2 Å². The Hall–Kier alpha value is -3.09. The second-order valence-electron chi connectivity index (χ2n) is 7.73. The van der Waals surface area contributed by atoms with Gasteiger partial charge >= 0.3 is 0 Å². The normalized spacial score (nSPS) is 17.3. The number of nitrogens with zero attached hydrogens (tertiary/aromatic N) is 3. The van der Waals surface area contributed by atoms with Crippen LogP contribution in [0.5, 0.6) is 0 Å². The van der Waals surface area contributed by atoms with E-state index in [0.717, 1.165) is 17.7 Å². The Kier molecular flexibility index (Phi) is 5.49. The highest BCUT2D eigenvalue weighted by Crippen LogP contribution is 2.39. The number of amides is 1. The molecule has 0 aromatic heterocycles. The third-order valence-corrected chi connectivity index (χ3v) is 6.25. The van der Waals surface area contributed by atoms with Gasteiger partial charge in [-0.25, -0.2) is 4.39 Å². The number of anilines is 2.